The maximum absolute atomic E-state index is 13.9. The summed E-state index contributed by atoms with van der Waals surface area (Å²) in [4.78, 5) is 38.4. The molecule has 2 fully saturated rings. The van der Waals surface area contributed by atoms with Crippen molar-refractivity contribution in [2.45, 2.75) is 12.5 Å². The van der Waals surface area contributed by atoms with Gasteiger partial charge in [0, 0.05) is 25.6 Å². The molecule has 0 unspecified atom stereocenters. The van der Waals surface area contributed by atoms with E-state index >= 15 is 0 Å². The SMILES string of the molecule is O=C(O)[C@H]1COCCN1C(=O)[C@H]1CC(=O)N(c2ccc(F)cc2F)C1. The van der Waals surface area contributed by atoms with Crippen molar-refractivity contribution in [1.82, 2.24) is 4.90 Å². The van der Waals surface area contributed by atoms with Gasteiger partial charge < -0.3 is 19.6 Å². The Morgan fingerprint density at radius 2 is 2.04 bits per heavy atom. The van der Waals surface area contributed by atoms with Gasteiger partial charge in [0.2, 0.25) is 11.8 Å². The second-order valence-corrected chi connectivity index (χ2v) is 5.96. The predicted octanol–water partition coefficient (Wildman–Crippen LogP) is 0.630. The van der Waals surface area contributed by atoms with E-state index in [1.54, 1.807) is 0 Å². The van der Waals surface area contributed by atoms with E-state index in [-0.39, 0.29) is 38.4 Å². The molecule has 7 nitrogen and oxygen atoms in total. The first-order chi connectivity index (χ1) is 11.9. The fourth-order valence-electron chi connectivity index (χ4n) is 3.11. The van der Waals surface area contributed by atoms with E-state index < -0.39 is 41.4 Å². The minimum atomic E-state index is -1.18. The third kappa shape index (κ3) is 3.32. The fraction of sp³-hybridized carbons (Fsp3) is 0.438. The molecule has 2 heterocycles. The molecular weight excluding hydrogens is 338 g/mol. The quantitative estimate of drug-likeness (QED) is 0.860. The van der Waals surface area contributed by atoms with Crippen molar-refractivity contribution in [2.24, 2.45) is 5.92 Å². The highest BCUT2D eigenvalue weighted by Gasteiger charge is 2.42. The van der Waals surface area contributed by atoms with Gasteiger partial charge in [-0.3, -0.25) is 9.59 Å². The highest BCUT2D eigenvalue weighted by Crippen LogP contribution is 2.29. The normalized spacial score (nSPS) is 23.8. The summed E-state index contributed by atoms with van der Waals surface area (Å²) in [7, 11) is 0. The van der Waals surface area contributed by atoms with Gasteiger partial charge in [-0.15, -0.1) is 0 Å². The van der Waals surface area contributed by atoms with Gasteiger partial charge in [0.05, 0.1) is 24.8 Å². The average Bonchev–Trinajstić information content (AvgIpc) is 2.96. The smallest absolute Gasteiger partial charge is 0.328 e. The van der Waals surface area contributed by atoms with Crippen LogP contribution in [0, 0.1) is 17.6 Å². The first-order valence-electron chi connectivity index (χ1n) is 7.75. The zero-order valence-corrected chi connectivity index (χ0v) is 13.2. The van der Waals surface area contributed by atoms with E-state index in [0.717, 1.165) is 17.0 Å². The van der Waals surface area contributed by atoms with Crippen molar-refractivity contribution in [2.75, 3.05) is 31.2 Å². The van der Waals surface area contributed by atoms with E-state index in [1.807, 2.05) is 0 Å². The number of ether oxygens (including phenoxy) is 1. The number of amides is 2. The third-order valence-corrected chi connectivity index (χ3v) is 4.37. The van der Waals surface area contributed by atoms with Gasteiger partial charge in [0.1, 0.15) is 11.6 Å². The number of benzene rings is 1. The van der Waals surface area contributed by atoms with Crippen LogP contribution in [0.1, 0.15) is 6.42 Å². The summed E-state index contributed by atoms with van der Waals surface area (Å²) >= 11 is 0. The Morgan fingerprint density at radius 1 is 1.28 bits per heavy atom. The van der Waals surface area contributed by atoms with Crippen LogP contribution < -0.4 is 4.90 Å². The topological polar surface area (TPSA) is 87.1 Å². The molecule has 25 heavy (non-hydrogen) atoms. The highest BCUT2D eigenvalue weighted by molar-refractivity contribution is 6.01. The molecule has 2 aliphatic heterocycles. The molecule has 0 aliphatic carbocycles. The van der Waals surface area contributed by atoms with Gasteiger partial charge in [-0.25, -0.2) is 13.6 Å². The van der Waals surface area contributed by atoms with Crippen LogP contribution in [0.25, 0.3) is 0 Å². The zero-order valence-electron chi connectivity index (χ0n) is 13.2. The standard InChI is InChI=1S/C16H16F2N2O5/c17-10-1-2-12(11(18)6-10)20-7-9(5-14(20)21)15(22)19-3-4-25-8-13(19)16(23)24/h1-2,6,9,13H,3-5,7-8H2,(H,23,24)/t9-,13+/m0/s1. The molecule has 0 aromatic heterocycles. The molecule has 1 aromatic rings. The maximum atomic E-state index is 13.9. The lowest BCUT2D eigenvalue weighted by Crippen LogP contribution is -2.54. The van der Waals surface area contributed by atoms with Crippen molar-refractivity contribution in [1.29, 1.82) is 0 Å². The van der Waals surface area contributed by atoms with E-state index in [4.69, 9.17) is 4.74 Å². The summed E-state index contributed by atoms with van der Waals surface area (Å²) in [5, 5.41) is 9.21. The number of halogens is 2. The molecule has 2 aliphatic rings. The molecule has 3 rings (SSSR count). The Balaban J connectivity index is 1.77. The van der Waals surface area contributed by atoms with Crippen molar-refractivity contribution in [3.63, 3.8) is 0 Å². The van der Waals surface area contributed by atoms with Crippen LogP contribution in [0.5, 0.6) is 0 Å². The number of nitrogens with zero attached hydrogens (tertiary/aromatic N) is 2. The summed E-state index contributed by atoms with van der Waals surface area (Å²) in [6.07, 6.45) is -0.153. The Labute approximate surface area is 141 Å². The Bertz CT molecular complexity index is 726. The molecule has 0 saturated carbocycles. The number of carboxylic acid groups (broad SMARTS) is 1. The second kappa shape index (κ2) is 6.75. The van der Waals surface area contributed by atoms with Gasteiger partial charge in [-0.1, -0.05) is 0 Å². The lowest BCUT2D eigenvalue weighted by atomic mass is 10.1. The van der Waals surface area contributed by atoms with Crippen molar-refractivity contribution in [3.05, 3.63) is 29.8 Å². The molecule has 0 radical (unpaired) electrons. The summed E-state index contributed by atoms with van der Waals surface area (Å²) in [5.41, 5.74) is -0.0986. The number of rotatable bonds is 3. The number of carbonyl (C=O) groups excluding carboxylic acids is 2. The summed E-state index contributed by atoms with van der Waals surface area (Å²) in [5.74, 6) is -4.57. The molecule has 2 amide bonds. The number of hydrogen-bond acceptors (Lipinski definition) is 4. The van der Waals surface area contributed by atoms with E-state index in [2.05, 4.69) is 0 Å². The van der Waals surface area contributed by atoms with Gasteiger partial charge >= 0.3 is 5.97 Å². The Hall–Kier alpha value is -2.55. The molecule has 0 bridgehead atoms. The Kier molecular flexibility index (Phi) is 4.67. The van der Waals surface area contributed by atoms with Crippen LogP contribution in [0.3, 0.4) is 0 Å². The zero-order chi connectivity index (χ0) is 18.1. The number of anilines is 1. The van der Waals surface area contributed by atoms with Crippen molar-refractivity contribution in [3.8, 4) is 0 Å². The predicted molar refractivity (Wildman–Crippen MR) is 80.8 cm³/mol. The third-order valence-electron chi connectivity index (χ3n) is 4.37. The molecule has 134 valence electrons. The van der Waals surface area contributed by atoms with Crippen LogP contribution in [-0.4, -0.2) is 60.1 Å². The van der Waals surface area contributed by atoms with Gasteiger partial charge in [0.25, 0.3) is 0 Å². The number of aliphatic carboxylic acids is 1. The lowest BCUT2D eigenvalue weighted by molar-refractivity contribution is -0.160. The van der Waals surface area contributed by atoms with Gasteiger partial charge in [-0.2, -0.15) is 0 Å². The van der Waals surface area contributed by atoms with Crippen LogP contribution in [-0.2, 0) is 19.1 Å². The second-order valence-electron chi connectivity index (χ2n) is 5.96. The fourth-order valence-corrected chi connectivity index (χ4v) is 3.11. The van der Waals surface area contributed by atoms with Gasteiger partial charge in [-0.05, 0) is 12.1 Å². The van der Waals surface area contributed by atoms with Crippen LogP contribution in [0.2, 0.25) is 0 Å². The van der Waals surface area contributed by atoms with Crippen molar-refractivity contribution < 1.29 is 33.0 Å². The Morgan fingerprint density at radius 3 is 2.72 bits per heavy atom. The number of morpholine rings is 1. The largest absolute Gasteiger partial charge is 0.480 e. The van der Waals surface area contributed by atoms with Crippen LogP contribution in [0.4, 0.5) is 14.5 Å². The molecule has 0 spiro atoms. The molecule has 1 N–H and O–H groups in total. The monoisotopic (exact) mass is 354 g/mol. The number of carbonyl (C=O) groups is 3. The highest BCUT2D eigenvalue weighted by atomic mass is 19.1. The number of hydrogen-bond donors (Lipinski definition) is 1. The average molecular weight is 354 g/mol. The van der Waals surface area contributed by atoms with Crippen LogP contribution >= 0.6 is 0 Å². The van der Waals surface area contributed by atoms with E-state index in [1.165, 1.54) is 4.90 Å². The van der Waals surface area contributed by atoms with E-state index in [9.17, 15) is 28.3 Å². The lowest BCUT2D eigenvalue weighted by Gasteiger charge is -2.34. The van der Waals surface area contributed by atoms with E-state index in [0.29, 0.717) is 6.07 Å². The number of carboxylic acids is 1. The molecule has 2 saturated heterocycles. The molecule has 1 aromatic carbocycles. The minimum Gasteiger partial charge on any atom is -0.480 e. The summed E-state index contributed by atoms with van der Waals surface area (Å²) < 4.78 is 32.0. The van der Waals surface area contributed by atoms with Crippen LogP contribution in [0.15, 0.2) is 18.2 Å². The minimum absolute atomic E-state index is 0.0794. The van der Waals surface area contributed by atoms with Gasteiger partial charge in [0.15, 0.2) is 6.04 Å². The first kappa shape index (κ1) is 17.3. The first-order valence-corrected chi connectivity index (χ1v) is 7.75. The molecule has 2 atom stereocenters. The molecule has 9 heteroatoms. The maximum Gasteiger partial charge on any atom is 0.328 e. The summed E-state index contributed by atoms with van der Waals surface area (Å²) in [6.45, 7) is 0.139. The molecular formula is C16H16F2N2O5. The van der Waals surface area contributed by atoms with Crippen molar-refractivity contribution >= 4 is 23.5 Å². The summed E-state index contributed by atoms with van der Waals surface area (Å²) in [6, 6.07) is 1.74.